The molecular formula is C19H22ClFN2O2S2. The van der Waals surface area contributed by atoms with E-state index in [0.29, 0.717) is 35.2 Å². The van der Waals surface area contributed by atoms with Crippen LogP contribution in [0.5, 0.6) is 0 Å². The first-order valence-electron chi connectivity index (χ1n) is 8.70. The fourth-order valence-electron chi connectivity index (χ4n) is 3.26. The maximum Gasteiger partial charge on any atom is 0.262 e. The number of carbonyl (C=O) groups excluding carboxylic acids is 1. The van der Waals surface area contributed by atoms with Gasteiger partial charge >= 0.3 is 0 Å². The Labute approximate surface area is 172 Å². The average molecular weight is 429 g/mol. The van der Waals surface area contributed by atoms with E-state index in [9.17, 15) is 9.18 Å². The summed E-state index contributed by atoms with van der Waals surface area (Å²) < 4.78 is 20.2. The number of benzene rings is 1. The molecule has 2 unspecified atom stereocenters. The van der Waals surface area contributed by atoms with Crippen LogP contribution in [-0.4, -0.2) is 49.4 Å². The third-order valence-electron chi connectivity index (χ3n) is 4.56. The van der Waals surface area contributed by atoms with Gasteiger partial charge in [0.2, 0.25) is 0 Å². The van der Waals surface area contributed by atoms with E-state index in [1.54, 1.807) is 12.1 Å². The average Bonchev–Trinajstić information content (AvgIpc) is 3.12. The molecule has 1 aromatic carbocycles. The number of morpholine rings is 1. The van der Waals surface area contributed by atoms with Crippen LogP contribution < -0.4 is 5.32 Å². The summed E-state index contributed by atoms with van der Waals surface area (Å²) >= 11 is 9.27. The van der Waals surface area contributed by atoms with Crippen molar-refractivity contribution < 1.29 is 13.9 Å². The van der Waals surface area contributed by atoms with Crippen LogP contribution in [0.1, 0.15) is 28.2 Å². The molecule has 8 heteroatoms. The van der Waals surface area contributed by atoms with Crippen molar-refractivity contribution in [3.8, 4) is 0 Å². The second kappa shape index (κ2) is 9.39. The van der Waals surface area contributed by atoms with Crippen LogP contribution in [0.25, 0.3) is 0 Å². The number of carbonyl (C=O) groups is 1. The van der Waals surface area contributed by atoms with Gasteiger partial charge in [-0.05, 0) is 36.8 Å². The van der Waals surface area contributed by atoms with Gasteiger partial charge in [0, 0.05) is 35.1 Å². The Morgan fingerprint density at radius 3 is 3.04 bits per heavy atom. The highest BCUT2D eigenvalue weighted by Crippen LogP contribution is 2.31. The van der Waals surface area contributed by atoms with E-state index in [2.05, 4.69) is 10.2 Å². The molecule has 1 N–H and O–H groups in total. The number of thiophene rings is 1. The lowest BCUT2D eigenvalue weighted by atomic mass is 10.0. The lowest BCUT2D eigenvalue weighted by Crippen LogP contribution is -2.46. The predicted molar refractivity (Wildman–Crippen MR) is 110 cm³/mol. The molecule has 0 spiro atoms. The molecule has 1 aromatic heterocycles. The molecule has 1 amide bonds. The first-order chi connectivity index (χ1) is 13.0. The number of hydrogen-bond donors (Lipinski definition) is 1. The monoisotopic (exact) mass is 428 g/mol. The number of hydrogen-bond acceptors (Lipinski definition) is 5. The van der Waals surface area contributed by atoms with Crippen molar-refractivity contribution in [3.63, 3.8) is 0 Å². The third-order valence-corrected chi connectivity index (χ3v) is 6.71. The van der Waals surface area contributed by atoms with Gasteiger partial charge in [-0.3, -0.25) is 9.69 Å². The highest BCUT2D eigenvalue weighted by atomic mass is 35.5. The smallest absolute Gasteiger partial charge is 0.262 e. The molecule has 2 aromatic rings. The molecule has 1 aliphatic heterocycles. The minimum absolute atomic E-state index is 0.0443. The molecule has 27 heavy (non-hydrogen) atoms. The first-order valence-corrected chi connectivity index (χ1v) is 11.2. The van der Waals surface area contributed by atoms with Gasteiger partial charge in [0.15, 0.2) is 0 Å². The normalized spacial score (nSPS) is 19.0. The molecular weight excluding hydrogens is 407 g/mol. The molecule has 146 valence electrons. The van der Waals surface area contributed by atoms with Gasteiger partial charge in [0.1, 0.15) is 10.7 Å². The van der Waals surface area contributed by atoms with Gasteiger partial charge in [-0.1, -0.05) is 17.7 Å². The third kappa shape index (κ3) is 4.84. The highest BCUT2D eigenvalue weighted by molar-refractivity contribution is 7.98. The van der Waals surface area contributed by atoms with E-state index in [1.165, 1.54) is 29.2 Å². The Morgan fingerprint density at radius 1 is 1.52 bits per heavy atom. The second-order valence-corrected chi connectivity index (χ2v) is 8.53. The summed E-state index contributed by atoms with van der Waals surface area (Å²) in [5.74, 6) is -0.505. The van der Waals surface area contributed by atoms with Crippen molar-refractivity contribution in [2.75, 3.05) is 32.5 Å². The van der Waals surface area contributed by atoms with E-state index < -0.39 is 0 Å². The zero-order valence-electron chi connectivity index (χ0n) is 15.2. The molecule has 2 heterocycles. The standard InChI is InChI=1S/C19H22ClFN2O2S2/c1-12-11-23(7-8-25-12)15(17-13(20)4-3-5-14(17)21)10-22-19(24)18-16(26-2)6-9-27-18/h3-6,9,12,15H,7-8,10-11H2,1-2H3,(H,22,24). The van der Waals surface area contributed by atoms with Crippen LogP contribution in [0, 0.1) is 5.82 Å². The number of nitrogens with zero attached hydrogens (tertiary/aromatic N) is 1. The van der Waals surface area contributed by atoms with Crippen molar-refractivity contribution in [2.24, 2.45) is 0 Å². The zero-order chi connectivity index (χ0) is 19.4. The zero-order valence-corrected chi connectivity index (χ0v) is 17.6. The lowest BCUT2D eigenvalue weighted by Gasteiger charge is -2.38. The first kappa shape index (κ1) is 20.6. The molecule has 1 saturated heterocycles. The summed E-state index contributed by atoms with van der Waals surface area (Å²) in [5.41, 5.74) is 0.421. The molecule has 0 saturated carbocycles. The summed E-state index contributed by atoms with van der Waals surface area (Å²) in [7, 11) is 0. The van der Waals surface area contributed by atoms with E-state index in [-0.39, 0.29) is 30.4 Å². The van der Waals surface area contributed by atoms with Crippen LogP contribution in [0.3, 0.4) is 0 Å². The summed E-state index contributed by atoms with van der Waals surface area (Å²) in [5, 5.41) is 5.24. The van der Waals surface area contributed by atoms with Gasteiger partial charge in [-0.15, -0.1) is 23.1 Å². The topological polar surface area (TPSA) is 41.6 Å². The van der Waals surface area contributed by atoms with Gasteiger partial charge in [0.05, 0.1) is 18.8 Å². The molecule has 0 radical (unpaired) electrons. The molecule has 1 fully saturated rings. The highest BCUT2D eigenvalue weighted by Gasteiger charge is 2.30. The molecule has 3 rings (SSSR count). The maximum atomic E-state index is 14.6. The van der Waals surface area contributed by atoms with E-state index in [1.807, 2.05) is 24.6 Å². The lowest BCUT2D eigenvalue weighted by molar-refractivity contribution is -0.0346. The Morgan fingerprint density at radius 2 is 2.33 bits per heavy atom. The molecule has 2 atom stereocenters. The molecule has 4 nitrogen and oxygen atoms in total. The van der Waals surface area contributed by atoms with Crippen molar-refractivity contribution in [1.29, 1.82) is 0 Å². The largest absolute Gasteiger partial charge is 0.376 e. The Bertz CT molecular complexity index is 782. The minimum atomic E-state index is -0.359. The van der Waals surface area contributed by atoms with E-state index in [4.69, 9.17) is 16.3 Å². The summed E-state index contributed by atoms with van der Waals surface area (Å²) in [6.07, 6.45) is 1.98. The number of nitrogens with one attached hydrogen (secondary N) is 1. The SMILES string of the molecule is CSc1ccsc1C(=O)NCC(c1c(F)cccc1Cl)N1CCOC(C)C1. The van der Waals surface area contributed by atoms with Crippen molar-refractivity contribution >= 4 is 40.6 Å². The number of halogens is 2. The predicted octanol–water partition coefficient (Wildman–Crippen LogP) is 4.45. The van der Waals surface area contributed by atoms with E-state index >= 15 is 0 Å². The van der Waals surface area contributed by atoms with Crippen LogP contribution in [0.2, 0.25) is 5.02 Å². The van der Waals surface area contributed by atoms with Gasteiger partial charge in [-0.2, -0.15) is 0 Å². The van der Waals surface area contributed by atoms with Gasteiger partial charge < -0.3 is 10.1 Å². The number of amides is 1. The van der Waals surface area contributed by atoms with Crippen LogP contribution in [0.15, 0.2) is 34.5 Å². The van der Waals surface area contributed by atoms with Crippen molar-refractivity contribution in [1.82, 2.24) is 10.2 Å². The van der Waals surface area contributed by atoms with Crippen molar-refractivity contribution in [3.05, 3.63) is 50.9 Å². The number of thioether (sulfide) groups is 1. The quantitative estimate of drug-likeness (QED) is 0.690. The second-order valence-electron chi connectivity index (χ2n) is 6.36. The van der Waals surface area contributed by atoms with Gasteiger partial charge in [-0.25, -0.2) is 4.39 Å². The fourth-order valence-corrected chi connectivity index (χ4v) is 5.22. The fraction of sp³-hybridized carbons (Fsp3) is 0.421. The van der Waals surface area contributed by atoms with E-state index in [0.717, 1.165) is 4.90 Å². The maximum absolute atomic E-state index is 14.6. The Hall–Kier alpha value is -1.12. The van der Waals surface area contributed by atoms with Crippen molar-refractivity contribution in [2.45, 2.75) is 24.0 Å². The summed E-state index contributed by atoms with van der Waals surface area (Å²) in [4.78, 5) is 16.4. The summed E-state index contributed by atoms with van der Waals surface area (Å²) in [6, 6.07) is 6.26. The van der Waals surface area contributed by atoms with Crippen LogP contribution >= 0.6 is 34.7 Å². The number of rotatable bonds is 6. The Kier molecular flexibility index (Phi) is 7.16. The minimum Gasteiger partial charge on any atom is -0.376 e. The van der Waals surface area contributed by atoms with Crippen LogP contribution in [0.4, 0.5) is 4.39 Å². The summed E-state index contributed by atoms with van der Waals surface area (Å²) in [6.45, 7) is 4.14. The van der Waals surface area contributed by atoms with Crippen LogP contribution in [-0.2, 0) is 4.74 Å². The van der Waals surface area contributed by atoms with Gasteiger partial charge in [0.25, 0.3) is 5.91 Å². The molecule has 0 aliphatic carbocycles. The molecule has 1 aliphatic rings. The Balaban J connectivity index is 1.83. The number of ether oxygens (including phenoxy) is 1. The molecule has 0 bridgehead atoms.